The minimum absolute atomic E-state index is 0.421. The lowest BCUT2D eigenvalue weighted by Gasteiger charge is -2.35. The zero-order valence-electron chi connectivity index (χ0n) is 11.9. The second-order valence-corrected chi connectivity index (χ2v) is 6.80. The van der Waals surface area contributed by atoms with Crippen LogP contribution in [0.2, 0.25) is 5.02 Å². The normalized spacial score (nSPS) is 22.6. The van der Waals surface area contributed by atoms with E-state index in [1.165, 1.54) is 0 Å². The summed E-state index contributed by atoms with van der Waals surface area (Å²) in [7, 11) is 0. The highest BCUT2D eigenvalue weighted by molar-refractivity contribution is 9.10. The standard InChI is InChI=1S/C14H17BrClN5/c1-8-6-21(7-9(2)17-8)14-18-13(19-20-14)11-5-10(15)3-4-12(11)16/h3-5,8-9,17H,6-7H2,1-2H3,(H,18,19,20). The van der Waals surface area contributed by atoms with Gasteiger partial charge in [0.2, 0.25) is 5.95 Å². The summed E-state index contributed by atoms with van der Waals surface area (Å²) < 4.78 is 0.962. The van der Waals surface area contributed by atoms with E-state index in [-0.39, 0.29) is 0 Å². The van der Waals surface area contributed by atoms with Crippen LogP contribution in [0.5, 0.6) is 0 Å². The van der Waals surface area contributed by atoms with Crippen LogP contribution < -0.4 is 10.2 Å². The number of H-pyrrole nitrogens is 1. The molecule has 1 aromatic heterocycles. The lowest BCUT2D eigenvalue weighted by molar-refractivity contribution is 0.403. The summed E-state index contributed by atoms with van der Waals surface area (Å²) in [5.41, 5.74) is 0.848. The topological polar surface area (TPSA) is 56.8 Å². The number of benzene rings is 1. The van der Waals surface area contributed by atoms with Gasteiger partial charge in [0.05, 0.1) is 5.02 Å². The molecule has 1 aromatic carbocycles. The van der Waals surface area contributed by atoms with Gasteiger partial charge in [-0.05, 0) is 32.0 Å². The zero-order chi connectivity index (χ0) is 15.0. The van der Waals surface area contributed by atoms with E-state index >= 15 is 0 Å². The lowest BCUT2D eigenvalue weighted by Crippen LogP contribution is -2.54. The number of anilines is 1. The molecule has 3 rings (SSSR count). The zero-order valence-corrected chi connectivity index (χ0v) is 14.2. The van der Waals surface area contributed by atoms with E-state index in [2.05, 4.69) is 55.2 Å². The molecule has 21 heavy (non-hydrogen) atoms. The number of nitrogens with zero attached hydrogens (tertiary/aromatic N) is 3. The highest BCUT2D eigenvalue weighted by Gasteiger charge is 2.24. The minimum Gasteiger partial charge on any atom is -0.336 e. The van der Waals surface area contributed by atoms with Crippen molar-refractivity contribution in [3.8, 4) is 11.4 Å². The third kappa shape index (κ3) is 3.22. The van der Waals surface area contributed by atoms with E-state index in [1.807, 2.05) is 18.2 Å². The molecular formula is C14H17BrClN5. The van der Waals surface area contributed by atoms with Gasteiger partial charge >= 0.3 is 0 Å². The molecular weight excluding hydrogens is 354 g/mol. The first-order chi connectivity index (χ1) is 10.0. The summed E-state index contributed by atoms with van der Waals surface area (Å²) in [6.45, 7) is 6.13. The molecule has 0 aliphatic carbocycles. The van der Waals surface area contributed by atoms with Gasteiger partial charge in [-0.2, -0.15) is 4.98 Å². The number of aromatic nitrogens is 3. The molecule has 1 fully saturated rings. The van der Waals surface area contributed by atoms with Crippen molar-refractivity contribution in [2.75, 3.05) is 18.0 Å². The van der Waals surface area contributed by atoms with Gasteiger partial charge < -0.3 is 10.2 Å². The average Bonchev–Trinajstić information content (AvgIpc) is 2.90. The Bertz CT molecular complexity index is 634. The van der Waals surface area contributed by atoms with E-state index < -0.39 is 0 Å². The Morgan fingerprint density at radius 1 is 1.29 bits per heavy atom. The van der Waals surface area contributed by atoms with Gasteiger partial charge in [-0.1, -0.05) is 27.5 Å². The molecule has 2 atom stereocenters. The Labute approximate surface area is 137 Å². The average molecular weight is 371 g/mol. The van der Waals surface area contributed by atoms with E-state index in [4.69, 9.17) is 11.6 Å². The Hall–Kier alpha value is -1.11. The van der Waals surface area contributed by atoms with Crippen LogP contribution in [0.4, 0.5) is 5.95 Å². The van der Waals surface area contributed by atoms with Gasteiger partial charge in [-0.15, -0.1) is 5.10 Å². The number of piperazine rings is 1. The van der Waals surface area contributed by atoms with Crippen LogP contribution in [0.3, 0.4) is 0 Å². The summed E-state index contributed by atoms with van der Waals surface area (Å²) in [5, 5.41) is 11.5. The largest absolute Gasteiger partial charge is 0.336 e. The highest BCUT2D eigenvalue weighted by atomic mass is 79.9. The van der Waals surface area contributed by atoms with Gasteiger partial charge in [-0.25, -0.2) is 0 Å². The molecule has 2 heterocycles. The van der Waals surface area contributed by atoms with E-state index in [1.54, 1.807) is 0 Å². The predicted molar refractivity (Wildman–Crippen MR) is 88.8 cm³/mol. The van der Waals surface area contributed by atoms with Gasteiger partial charge in [0.1, 0.15) is 0 Å². The SMILES string of the molecule is CC1CN(c2n[nH]c(-c3cc(Br)ccc3Cl)n2)CC(C)N1. The fourth-order valence-electron chi connectivity index (χ4n) is 2.68. The van der Waals surface area contributed by atoms with Gasteiger partial charge in [0, 0.05) is 35.2 Å². The molecule has 112 valence electrons. The number of halogens is 2. The first-order valence-corrected chi connectivity index (χ1v) is 8.09. The predicted octanol–water partition coefficient (Wildman–Crippen LogP) is 3.07. The molecule has 1 aliphatic rings. The summed E-state index contributed by atoms with van der Waals surface area (Å²) >= 11 is 9.69. The maximum absolute atomic E-state index is 6.24. The number of nitrogens with one attached hydrogen (secondary N) is 2. The number of hydrogen-bond donors (Lipinski definition) is 2. The minimum atomic E-state index is 0.421. The fraction of sp³-hybridized carbons (Fsp3) is 0.429. The molecule has 7 heteroatoms. The third-order valence-electron chi connectivity index (χ3n) is 3.50. The first-order valence-electron chi connectivity index (χ1n) is 6.92. The van der Waals surface area contributed by atoms with Crippen LogP contribution in [-0.4, -0.2) is 40.4 Å². The van der Waals surface area contributed by atoms with Crippen molar-refractivity contribution in [3.63, 3.8) is 0 Å². The molecule has 2 aromatic rings. The quantitative estimate of drug-likeness (QED) is 0.853. The van der Waals surface area contributed by atoms with E-state index in [0.717, 1.165) is 29.1 Å². The molecule has 0 amide bonds. The Morgan fingerprint density at radius 2 is 2.00 bits per heavy atom. The van der Waals surface area contributed by atoms with Crippen molar-refractivity contribution >= 4 is 33.5 Å². The summed E-state index contributed by atoms with van der Waals surface area (Å²) in [5.74, 6) is 1.41. The smallest absolute Gasteiger partial charge is 0.245 e. The Morgan fingerprint density at radius 3 is 2.71 bits per heavy atom. The molecule has 2 N–H and O–H groups in total. The van der Waals surface area contributed by atoms with Crippen molar-refractivity contribution in [3.05, 3.63) is 27.7 Å². The van der Waals surface area contributed by atoms with Gasteiger partial charge in [0.25, 0.3) is 0 Å². The fourth-order valence-corrected chi connectivity index (χ4v) is 3.25. The van der Waals surface area contributed by atoms with Crippen molar-refractivity contribution in [2.45, 2.75) is 25.9 Å². The first kappa shape index (κ1) is 14.8. The van der Waals surface area contributed by atoms with Crippen molar-refractivity contribution in [2.24, 2.45) is 0 Å². The van der Waals surface area contributed by atoms with Gasteiger partial charge in [0.15, 0.2) is 5.82 Å². The summed E-state index contributed by atoms with van der Waals surface area (Å²) in [6.07, 6.45) is 0. The highest BCUT2D eigenvalue weighted by Crippen LogP contribution is 2.29. The number of rotatable bonds is 2. The van der Waals surface area contributed by atoms with Crippen molar-refractivity contribution in [1.29, 1.82) is 0 Å². The maximum atomic E-state index is 6.24. The van der Waals surface area contributed by atoms with Crippen LogP contribution in [-0.2, 0) is 0 Å². The second kappa shape index (κ2) is 5.94. The van der Waals surface area contributed by atoms with Crippen LogP contribution in [0, 0.1) is 0 Å². The number of hydrogen-bond acceptors (Lipinski definition) is 4. The third-order valence-corrected chi connectivity index (χ3v) is 4.32. The monoisotopic (exact) mass is 369 g/mol. The van der Waals surface area contributed by atoms with Crippen LogP contribution >= 0.6 is 27.5 Å². The van der Waals surface area contributed by atoms with Crippen molar-refractivity contribution < 1.29 is 0 Å². The Balaban J connectivity index is 1.88. The molecule has 5 nitrogen and oxygen atoms in total. The second-order valence-electron chi connectivity index (χ2n) is 5.48. The Kier molecular flexibility index (Phi) is 4.19. The van der Waals surface area contributed by atoms with Crippen LogP contribution in [0.25, 0.3) is 11.4 Å². The number of aromatic amines is 1. The molecule has 1 aliphatic heterocycles. The van der Waals surface area contributed by atoms with Crippen molar-refractivity contribution in [1.82, 2.24) is 20.5 Å². The maximum Gasteiger partial charge on any atom is 0.245 e. The van der Waals surface area contributed by atoms with Gasteiger partial charge in [-0.3, -0.25) is 5.10 Å². The summed E-state index contributed by atoms with van der Waals surface area (Å²) in [6, 6.07) is 6.53. The van der Waals surface area contributed by atoms with E-state index in [9.17, 15) is 0 Å². The molecule has 0 spiro atoms. The van der Waals surface area contributed by atoms with Crippen LogP contribution in [0.15, 0.2) is 22.7 Å². The summed E-state index contributed by atoms with van der Waals surface area (Å²) in [4.78, 5) is 6.79. The lowest BCUT2D eigenvalue weighted by atomic mass is 10.1. The molecule has 0 radical (unpaired) electrons. The molecule has 1 saturated heterocycles. The molecule has 2 unspecified atom stereocenters. The van der Waals surface area contributed by atoms with Crippen LogP contribution in [0.1, 0.15) is 13.8 Å². The molecule has 0 bridgehead atoms. The molecule has 0 saturated carbocycles. The van der Waals surface area contributed by atoms with E-state index in [0.29, 0.717) is 22.9 Å².